The van der Waals surface area contributed by atoms with Gasteiger partial charge in [0.05, 0.1) is 0 Å². The van der Waals surface area contributed by atoms with E-state index in [4.69, 9.17) is 0 Å². The Bertz CT molecular complexity index is 2880. The molecule has 0 heterocycles. The highest BCUT2D eigenvalue weighted by atomic mass is 14.4. The Kier molecular flexibility index (Phi) is 13.4. The molecule has 62 heavy (non-hydrogen) atoms. The van der Waals surface area contributed by atoms with Gasteiger partial charge in [-0.15, -0.1) is 13.2 Å². The lowest BCUT2D eigenvalue weighted by atomic mass is 9.70. The zero-order valence-corrected chi connectivity index (χ0v) is 36.6. The van der Waals surface area contributed by atoms with Gasteiger partial charge in [0.2, 0.25) is 0 Å². The van der Waals surface area contributed by atoms with Gasteiger partial charge in [-0.25, -0.2) is 0 Å². The highest BCUT2D eigenvalue weighted by Gasteiger charge is 2.35. The number of allylic oxidation sites excluding steroid dienone is 8. The maximum atomic E-state index is 3.00. The van der Waals surface area contributed by atoms with E-state index >= 15 is 0 Å². The average Bonchev–Trinajstić information content (AvgIpc) is 3.50. The van der Waals surface area contributed by atoms with Crippen LogP contribution in [0.25, 0.3) is 66.1 Å². The summed E-state index contributed by atoms with van der Waals surface area (Å²) in [4.78, 5) is 0. The third kappa shape index (κ3) is 8.00. The van der Waals surface area contributed by atoms with Crippen molar-refractivity contribution in [1.82, 2.24) is 0 Å². The fourth-order valence-corrected chi connectivity index (χ4v) is 10.2. The van der Waals surface area contributed by atoms with E-state index in [2.05, 4.69) is 225 Å². The van der Waals surface area contributed by atoms with Crippen molar-refractivity contribution in [3.8, 4) is 33.4 Å². The second-order valence-electron chi connectivity index (χ2n) is 17.7. The molecule has 0 saturated carbocycles. The number of fused-ring (bicyclic) bond motifs is 6. The molecule has 0 saturated heterocycles. The molecule has 0 N–H and O–H groups in total. The van der Waals surface area contributed by atoms with E-state index in [-0.39, 0.29) is 25.7 Å². The fourth-order valence-electron chi connectivity index (χ4n) is 10.2. The monoisotopic (exact) mass is 811 g/mol. The zero-order valence-electron chi connectivity index (χ0n) is 36.6. The summed E-state index contributed by atoms with van der Waals surface area (Å²) in [7, 11) is 0. The smallest absolute Gasteiger partial charge is 0.0159 e. The van der Waals surface area contributed by atoms with Crippen LogP contribution in [-0.4, -0.2) is 0 Å². The lowest BCUT2D eigenvalue weighted by Crippen LogP contribution is -2.25. The summed E-state index contributed by atoms with van der Waals surface area (Å²) in [6.07, 6.45) is 14.6. The molecule has 0 amide bonds. The second kappa shape index (κ2) is 18.4. The van der Waals surface area contributed by atoms with Gasteiger partial charge in [-0.05, 0) is 150 Å². The van der Waals surface area contributed by atoms with Gasteiger partial charge in [0.15, 0.2) is 0 Å². The standard InChI is InChI=1S/C58H54.C2H4.2CH4/c1-8-16-40(17-9-2)41-26-28-42(29-27-41)43-30-33-50-51(35-43)55(38(3)24-25-39-34-44-18-10-14-22-52(44)57(4,5)37-39)48-20-11-12-21-49(48)56(50)45-31-32-47-46-19-13-15-23-53(46)58(6,7)54(47)36-45;1-2;;/h8,10-33,35-36H,9,34,37H2,1-7H3;1-2H2;2*1H4/b16-8-,38-24+,39-25-,40-17+;;;. The van der Waals surface area contributed by atoms with Gasteiger partial charge in [-0.3, -0.25) is 0 Å². The van der Waals surface area contributed by atoms with Crippen molar-refractivity contribution < 1.29 is 0 Å². The summed E-state index contributed by atoms with van der Waals surface area (Å²) in [5.74, 6) is 0. The predicted octanol–water partition coefficient (Wildman–Crippen LogP) is 18.3. The molecular formula is C62H66. The lowest BCUT2D eigenvalue weighted by Gasteiger charge is -2.34. The summed E-state index contributed by atoms with van der Waals surface area (Å²) < 4.78 is 0. The SMILES string of the molecule is C.C.C/C=C\C(=C/CC)c1ccc(-c2ccc3c(-c4ccc5c(c4)C(C)(C)c4ccccc4-5)c4ccccc4c(/C(C)=C/C=C4/Cc5ccccc5C(C)(C)C4)c3c2)cc1.C=C. The van der Waals surface area contributed by atoms with E-state index < -0.39 is 0 Å². The van der Waals surface area contributed by atoms with Crippen LogP contribution < -0.4 is 0 Å². The highest BCUT2D eigenvalue weighted by molar-refractivity contribution is 6.19. The molecule has 0 bridgehead atoms. The van der Waals surface area contributed by atoms with Crippen LogP contribution in [-0.2, 0) is 17.3 Å². The first kappa shape index (κ1) is 45.3. The first-order chi connectivity index (χ1) is 29.1. The van der Waals surface area contributed by atoms with Gasteiger partial charge >= 0.3 is 0 Å². The van der Waals surface area contributed by atoms with Crippen molar-refractivity contribution in [2.45, 2.75) is 93.4 Å². The minimum Gasteiger partial charge on any atom is -0.106 e. The molecule has 0 aliphatic heterocycles. The van der Waals surface area contributed by atoms with E-state index in [1.165, 1.54) is 105 Å². The van der Waals surface area contributed by atoms with Crippen LogP contribution in [0.15, 0.2) is 183 Å². The highest BCUT2D eigenvalue weighted by Crippen LogP contribution is 2.51. The molecular weight excluding hydrogens is 745 g/mol. The van der Waals surface area contributed by atoms with E-state index in [1.807, 2.05) is 0 Å². The maximum absolute atomic E-state index is 3.00. The Morgan fingerprint density at radius 3 is 1.97 bits per heavy atom. The molecule has 0 spiro atoms. The van der Waals surface area contributed by atoms with E-state index in [0.717, 1.165) is 19.3 Å². The normalized spacial score (nSPS) is 15.6. The van der Waals surface area contributed by atoms with Gasteiger partial charge in [0, 0.05) is 5.41 Å². The Labute approximate surface area is 373 Å². The predicted molar refractivity (Wildman–Crippen MR) is 277 cm³/mol. The quantitative estimate of drug-likeness (QED) is 0.0855. The topological polar surface area (TPSA) is 0 Å². The van der Waals surface area contributed by atoms with Crippen LogP contribution in [0, 0.1) is 0 Å². The van der Waals surface area contributed by atoms with Crippen LogP contribution in [0.5, 0.6) is 0 Å². The molecule has 0 unspecified atom stereocenters. The summed E-state index contributed by atoms with van der Waals surface area (Å²) >= 11 is 0. The number of rotatable bonds is 7. The molecule has 0 heteroatoms. The molecule has 0 atom stereocenters. The summed E-state index contributed by atoms with van der Waals surface area (Å²) in [5.41, 5.74) is 20.2. The number of benzene rings is 7. The minimum absolute atomic E-state index is 0. The molecule has 2 aliphatic rings. The molecule has 0 nitrogen and oxygen atoms in total. The Morgan fingerprint density at radius 1 is 0.629 bits per heavy atom. The van der Waals surface area contributed by atoms with Gasteiger partial charge in [0.1, 0.15) is 0 Å². The van der Waals surface area contributed by atoms with Crippen LogP contribution >= 0.6 is 0 Å². The molecule has 0 fully saturated rings. The van der Waals surface area contributed by atoms with Gasteiger partial charge in [-0.2, -0.15) is 0 Å². The summed E-state index contributed by atoms with van der Waals surface area (Å²) in [6, 6.07) is 50.6. The largest absolute Gasteiger partial charge is 0.106 e. The molecule has 0 aromatic heterocycles. The Morgan fingerprint density at radius 2 is 1.24 bits per heavy atom. The molecule has 314 valence electrons. The molecule has 7 aromatic rings. The van der Waals surface area contributed by atoms with Crippen LogP contribution in [0.4, 0.5) is 0 Å². The third-order valence-electron chi connectivity index (χ3n) is 13.0. The molecule has 7 aromatic carbocycles. The first-order valence-electron chi connectivity index (χ1n) is 21.7. The van der Waals surface area contributed by atoms with Crippen molar-refractivity contribution >= 4 is 32.7 Å². The molecule has 2 aliphatic carbocycles. The summed E-state index contributed by atoms with van der Waals surface area (Å²) in [6.45, 7) is 22.2. The maximum Gasteiger partial charge on any atom is 0.0159 e. The van der Waals surface area contributed by atoms with Gasteiger partial charge in [0.25, 0.3) is 0 Å². The second-order valence-corrected chi connectivity index (χ2v) is 17.7. The van der Waals surface area contributed by atoms with Crippen molar-refractivity contribution in [2.75, 3.05) is 0 Å². The number of hydrogen-bond donors (Lipinski definition) is 0. The zero-order chi connectivity index (χ0) is 42.2. The van der Waals surface area contributed by atoms with E-state index in [9.17, 15) is 0 Å². The first-order valence-corrected chi connectivity index (χ1v) is 21.7. The Balaban J connectivity index is 0.00000158. The van der Waals surface area contributed by atoms with Crippen molar-refractivity contribution in [3.63, 3.8) is 0 Å². The van der Waals surface area contributed by atoms with Crippen LogP contribution in [0.1, 0.15) is 110 Å². The van der Waals surface area contributed by atoms with Gasteiger partial charge in [-0.1, -0.05) is 207 Å². The average molecular weight is 811 g/mol. The van der Waals surface area contributed by atoms with Crippen molar-refractivity contribution in [2.24, 2.45) is 0 Å². The lowest BCUT2D eigenvalue weighted by molar-refractivity contribution is 0.491. The van der Waals surface area contributed by atoms with Crippen molar-refractivity contribution in [3.05, 3.63) is 216 Å². The molecule has 0 radical (unpaired) electrons. The van der Waals surface area contributed by atoms with Crippen LogP contribution in [0.3, 0.4) is 0 Å². The van der Waals surface area contributed by atoms with E-state index in [1.54, 1.807) is 0 Å². The van der Waals surface area contributed by atoms with Crippen molar-refractivity contribution in [1.29, 1.82) is 0 Å². The summed E-state index contributed by atoms with van der Waals surface area (Å²) in [5, 5.41) is 5.17. The van der Waals surface area contributed by atoms with E-state index in [0.29, 0.717) is 0 Å². The molecule has 9 rings (SSSR count). The number of hydrogen-bond acceptors (Lipinski definition) is 0. The fraction of sp³-hybridized carbons (Fsp3) is 0.226. The minimum atomic E-state index is -0.0764. The Hall–Kier alpha value is -6.24. The third-order valence-corrected chi connectivity index (χ3v) is 13.0. The van der Waals surface area contributed by atoms with Gasteiger partial charge < -0.3 is 0 Å². The van der Waals surface area contributed by atoms with Crippen LogP contribution in [0.2, 0.25) is 0 Å².